The van der Waals surface area contributed by atoms with E-state index in [0.717, 1.165) is 5.56 Å². The number of carbonyl (C=O) groups excluding carboxylic acids is 1. The molecule has 0 radical (unpaired) electrons. The lowest BCUT2D eigenvalue weighted by atomic mass is 10.1. The number of benzene rings is 1. The zero-order valence-electron chi connectivity index (χ0n) is 12.6. The normalized spacial score (nSPS) is 24.9. The van der Waals surface area contributed by atoms with Crippen molar-refractivity contribution in [2.75, 3.05) is 0 Å². The summed E-state index contributed by atoms with van der Waals surface area (Å²) in [6.07, 6.45) is 4.11. The third kappa shape index (κ3) is 3.73. The second kappa shape index (κ2) is 5.64. The number of aliphatic imine (C=N–C) groups is 1. The lowest BCUT2D eigenvalue weighted by Crippen LogP contribution is -2.33. The molecule has 112 valence electrons. The van der Waals surface area contributed by atoms with Crippen LogP contribution in [0.15, 0.2) is 41.9 Å². The molecule has 0 spiro atoms. The Bertz CT molecular complexity index is 571. The van der Waals surface area contributed by atoms with Crippen molar-refractivity contribution < 1.29 is 9.53 Å². The highest BCUT2D eigenvalue weighted by atomic mass is 35.5. The number of halogens is 1. The van der Waals surface area contributed by atoms with E-state index < -0.39 is 11.1 Å². The lowest BCUT2D eigenvalue weighted by Gasteiger charge is -2.22. The van der Waals surface area contributed by atoms with E-state index in [1.807, 2.05) is 32.9 Å². The van der Waals surface area contributed by atoms with Crippen molar-refractivity contribution in [3.63, 3.8) is 0 Å². The Balaban J connectivity index is 2.18. The van der Waals surface area contributed by atoms with E-state index >= 15 is 0 Å². The van der Waals surface area contributed by atoms with Crippen molar-refractivity contribution in [3.8, 4) is 0 Å². The van der Waals surface area contributed by atoms with Gasteiger partial charge < -0.3 is 4.74 Å². The molecule has 1 aliphatic rings. The largest absolute Gasteiger partial charge is 0.458 e. The summed E-state index contributed by atoms with van der Waals surface area (Å²) in [6, 6.07) is 7.31. The quantitative estimate of drug-likeness (QED) is 0.478. The molecule has 4 heteroatoms. The third-order valence-electron chi connectivity index (χ3n) is 3.34. The van der Waals surface area contributed by atoms with Crippen LogP contribution in [0.25, 0.3) is 0 Å². The van der Waals surface area contributed by atoms with Crippen LogP contribution in [0.2, 0.25) is 5.02 Å². The van der Waals surface area contributed by atoms with Crippen LogP contribution in [-0.2, 0) is 9.53 Å². The number of hydrogen-bond acceptors (Lipinski definition) is 3. The molecule has 1 aliphatic carbocycles. The Hall–Kier alpha value is -1.61. The maximum Gasteiger partial charge on any atom is 0.335 e. The molecular weight excluding hydrogens is 286 g/mol. The first-order valence-corrected chi connectivity index (χ1v) is 7.31. The van der Waals surface area contributed by atoms with Crippen LogP contribution in [0, 0.1) is 5.92 Å². The van der Waals surface area contributed by atoms with E-state index in [-0.39, 0.29) is 11.9 Å². The predicted molar refractivity (Wildman–Crippen MR) is 85.9 cm³/mol. The van der Waals surface area contributed by atoms with Crippen molar-refractivity contribution in [1.82, 2.24) is 0 Å². The van der Waals surface area contributed by atoms with Crippen LogP contribution in [0.5, 0.6) is 0 Å². The van der Waals surface area contributed by atoms with Crippen molar-refractivity contribution in [2.45, 2.75) is 38.3 Å². The number of ether oxygens (including phenoxy) is 1. The van der Waals surface area contributed by atoms with Gasteiger partial charge in [-0.05, 0) is 44.9 Å². The van der Waals surface area contributed by atoms with Crippen LogP contribution in [-0.4, -0.2) is 23.3 Å². The van der Waals surface area contributed by atoms with Crippen molar-refractivity contribution in [3.05, 3.63) is 47.5 Å². The Kier molecular flexibility index (Phi) is 4.24. The molecule has 0 bridgehead atoms. The molecule has 0 N–H and O–H groups in total. The first-order chi connectivity index (χ1) is 9.77. The van der Waals surface area contributed by atoms with Gasteiger partial charge in [0.15, 0.2) is 5.54 Å². The molecule has 1 fully saturated rings. The summed E-state index contributed by atoms with van der Waals surface area (Å²) >= 11 is 5.85. The molecule has 2 rings (SSSR count). The van der Waals surface area contributed by atoms with E-state index in [9.17, 15) is 4.79 Å². The van der Waals surface area contributed by atoms with E-state index in [1.165, 1.54) is 0 Å². The number of carbonyl (C=O) groups is 1. The number of hydrogen-bond donors (Lipinski definition) is 0. The van der Waals surface area contributed by atoms with Crippen LogP contribution in [0.3, 0.4) is 0 Å². The van der Waals surface area contributed by atoms with Gasteiger partial charge in [-0.1, -0.05) is 29.8 Å². The minimum Gasteiger partial charge on any atom is -0.458 e. The first-order valence-electron chi connectivity index (χ1n) is 6.94. The van der Waals surface area contributed by atoms with Gasteiger partial charge in [-0.3, -0.25) is 4.99 Å². The number of nitrogens with zero attached hydrogens (tertiary/aromatic N) is 1. The van der Waals surface area contributed by atoms with Gasteiger partial charge in [0.05, 0.1) is 0 Å². The van der Waals surface area contributed by atoms with Gasteiger partial charge in [0, 0.05) is 17.2 Å². The molecule has 0 aliphatic heterocycles. The van der Waals surface area contributed by atoms with Gasteiger partial charge in [0.2, 0.25) is 0 Å². The zero-order valence-corrected chi connectivity index (χ0v) is 13.4. The first kappa shape index (κ1) is 15.8. The summed E-state index contributed by atoms with van der Waals surface area (Å²) in [5.74, 6) is -0.249. The molecule has 0 unspecified atom stereocenters. The Morgan fingerprint density at radius 1 is 1.43 bits per heavy atom. The highest BCUT2D eigenvalue weighted by molar-refractivity contribution is 6.30. The van der Waals surface area contributed by atoms with E-state index in [0.29, 0.717) is 11.4 Å². The van der Waals surface area contributed by atoms with E-state index in [4.69, 9.17) is 16.3 Å². The molecule has 0 heterocycles. The molecule has 0 saturated heterocycles. The summed E-state index contributed by atoms with van der Waals surface area (Å²) in [6.45, 7) is 9.33. The van der Waals surface area contributed by atoms with Gasteiger partial charge in [0.25, 0.3) is 0 Å². The molecule has 1 saturated carbocycles. The van der Waals surface area contributed by atoms with Crippen LogP contribution < -0.4 is 0 Å². The SMILES string of the molecule is C=C[C@@H]1C[C@]1(N=Cc1ccc(Cl)cc1)C(=O)OC(C)(C)C. The topological polar surface area (TPSA) is 38.7 Å². The van der Waals surface area contributed by atoms with Gasteiger partial charge in [-0.2, -0.15) is 0 Å². The van der Waals surface area contributed by atoms with Crippen molar-refractivity contribution in [2.24, 2.45) is 10.9 Å². The Labute approximate surface area is 130 Å². The molecule has 2 atom stereocenters. The maximum absolute atomic E-state index is 12.4. The molecule has 3 nitrogen and oxygen atoms in total. The smallest absolute Gasteiger partial charge is 0.335 e. The van der Waals surface area contributed by atoms with Crippen LogP contribution in [0.4, 0.5) is 0 Å². The average Bonchev–Trinajstić information content (AvgIpc) is 3.11. The van der Waals surface area contributed by atoms with Gasteiger partial charge in [-0.15, -0.1) is 6.58 Å². The maximum atomic E-state index is 12.4. The van der Waals surface area contributed by atoms with Crippen LogP contribution in [0.1, 0.15) is 32.8 Å². The average molecular weight is 306 g/mol. The highest BCUT2D eigenvalue weighted by Gasteiger charge is 2.60. The third-order valence-corrected chi connectivity index (χ3v) is 3.59. The molecule has 1 aromatic carbocycles. The lowest BCUT2D eigenvalue weighted by molar-refractivity contribution is -0.157. The van der Waals surface area contributed by atoms with Crippen LogP contribution >= 0.6 is 11.6 Å². The molecular formula is C17H20ClNO2. The Morgan fingerprint density at radius 3 is 2.52 bits per heavy atom. The van der Waals surface area contributed by atoms with Gasteiger partial charge in [0.1, 0.15) is 5.60 Å². The summed E-state index contributed by atoms with van der Waals surface area (Å²) in [5, 5.41) is 0.671. The zero-order chi connectivity index (χ0) is 15.7. The van der Waals surface area contributed by atoms with E-state index in [1.54, 1.807) is 24.4 Å². The van der Waals surface area contributed by atoms with Gasteiger partial charge in [-0.25, -0.2) is 4.79 Å². The monoisotopic (exact) mass is 305 g/mol. The highest BCUT2D eigenvalue weighted by Crippen LogP contribution is 2.49. The van der Waals surface area contributed by atoms with Crippen molar-refractivity contribution >= 4 is 23.8 Å². The fourth-order valence-electron chi connectivity index (χ4n) is 2.10. The predicted octanol–water partition coefficient (Wildman–Crippen LogP) is 4.05. The molecule has 0 amide bonds. The number of rotatable bonds is 4. The minimum absolute atomic E-state index is 0.0379. The molecule has 1 aromatic rings. The summed E-state index contributed by atoms with van der Waals surface area (Å²) in [7, 11) is 0. The van der Waals surface area contributed by atoms with E-state index in [2.05, 4.69) is 11.6 Å². The summed E-state index contributed by atoms with van der Waals surface area (Å²) in [4.78, 5) is 16.9. The summed E-state index contributed by atoms with van der Waals surface area (Å²) < 4.78 is 5.48. The van der Waals surface area contributed by atoms with Crippen molar-refractivity contribution in [1.29, 1.82) is 0 Å². The fourth-order valence-corrected chi connectivity index (χ4v) is 2.22. The second-order valence-electron chi connectivity index (χ2n) is 6.28. The second-order valence-corrected chi connectivity index (χ2v) is 6.72. The fraction of sp³-hybridized carbons (Fsp3) is 0.412. The minimum atomic E-state index is -0.811. The number of esters is 1. The molecule has 0 aromatic heterocycles. The summed E-state index contributed by atoms with van der Waals surface area (Å²) in [5.41, 5.74) is -0.430. The standard InChI is InChI=1S/C17H20ClNO2/c1-5-13-10-17(13,15(20)21-16(2,3)4)19-11-12-6-8-14(18)9-7-12/h5-9,11,13H,1,10H2,2-4H3/t13-,17-/m1/s1. The Morgan fingerprint density at radius 2 is 2.05 bits per heavy atom. The molecule has 21 heavy (non-hydrogen) atoms. The van der Waals surface area contributed by atoms with Gasteiger partial charge >= 0.3 is 5.97 Å².